The number of methoxy groups -OCH3 is 1. The van der Waals surface area contributed by atoms with Crippen molar-refractivity contribution in [2.24, 2.45) is 5.73 Å². The summed E-state index contributed by atoms with van der Waals surface area (Å²) in [5.74, 6) is 0.903. The number of hydrogen-bond donors (Lipinski definition) is 1. The van der Waals surface area contributed by atoms with E-state index in [-0.39, 0.29) is 6.04 Å². The van der Waals surface area contributed by atoms with E-state index in [2.05, 4.69) is 28.9 Å². The number of benzene rings is 1. The van der Waals surface area contributed by atoms with Gasteiger partial charge in [-0.15, -0.1) is 0 Å². The molecule has 2 atom stereocenters. The Balaban J connectivity index is 1.68. The number of nitrogens with zero attached hydrogens (tertiary/aromatic N) is 2. The first kappa shape index (κ1) is 14.8. The number of rotatable bonds is 5. The van der Waals surface area contributed by atoms with Crippen LogP contribution in [0.4, 0.5) is 0 Å². The van der Waals surface area contributed by atoms with Gasteiger partial charge in [0.2, 0.25) is 0 Å². The van der Waals surface area contributed by atoms with Gasteiger partial charge in [-0.2, -0.15) is 0 Å². The summed E-state index contributed by atoms with van der Waals surface area (Å²) in [6.07, 6.45) is 2.80. The van der Waals surface area contributed by atoms with Crippen molar-refractivity contribution in [2.75, 3.05) is 33.3 Å². The Kier molecular flexibility index (Phi) is 4.48. The monoisotopic (exact) mass is 289 g/mol. The van der Waals surface area contributed by atoms with E-state index < -0.39 is 0 Å². The fraction of sp³-hybridized carbons (Fsp3) is 0.647. The van der Waals surface area contributed by atoms with Crippen LogP contribution in [-0.4, -0.2) is 55.2 Å². The third kappa shape index (κ3) is 3.39. The molecule has 4 heteroatoms. The minimum absolute atomic E-state index is 0.130. The lowest BCUT2D eigenvalue weighted by Crippen LogP contribution is -2.51. The molecule has 1 saturated carbocycles. The van der Waals surface area contributed by atoms with Crippen molar-refractivity contribution in [3.8, 4) is 5.75 Å². The van der Waals surface area contributed by atoms with Crippen molar-refractivity contribution in [1.82, 2.24) is 9.80 Å². The lowest BCUT2D eigenvalue weighted by Gasteiger charge is -2.41. The average molecular weight is 289 g/mol. The van der Waals surface area contributed by atoms with Gasteiger partial charge >= 0.3 is 0 Å². The van der Waals surface area contributed by atoms with Crippen molar-refractivity contribution < 1.29 is 4.74 Å². The first-order chi connectivity index (χ1) is 10.2. The molecule has 0 radical (unpaired) electrons. The smallest absolute Gasteiger partial charge is 0.118 e. The summed E-state index contributed by atoms with van der Waals surface area (Å²) in [4.78, 5) is 5.19. The molecule has 1 aliphatic heterocycles. The highest BCUT2D eigenvalue weighted by atomic mass is 16.5. The van der Waals surface area contributed by atoms with Crippen molar-refractivity contribution >= 4 is 0 Å². The summed E-state index contributed by atoms with van der Waals surface area (Å²) in [7, 11) is 1.70. The van der Waals surface area contributed by atoms with Crippen LogP contribution >= 0.6 is 0 Å². The Morgan fingerprint density at radius 3 is 2.19 bits per heavy atom. The fourth-order valence-electron chi connectivity index (χ4n) is 3.47. The van der Waals surface area contributed by atoms with Crippen LogP contribution in [0.25, 0.3) is 0 Å². The second-order valence-electron chi connectivity index (χ2n) is 6.38. The maximum atomic E-state index is 6.29. The topological polar surface area (TPSA) is 41.7 Å². The van der Waals surface area contributed by atoms with E-state index in [1.807, 2.05) is 12.1 Å². The predicted molar refractivity (Wildman–Crippen MR) is 85.6 cm³/mol. The molecule has 0 amide bonds. The molecule has 2 unspecified atom stereocenters. The highest BCUT2D eigenvalue weighted by Gasteiger charge is 2.34. The maximum Gasteiger partial charge on any atom is 0.118 e. The van der Waals surface area contributed by atoms with Crippen LogP contribution in [-0.2, 0) is 0 Å². The molecule has 2 fully saturated rings. The van der Waals surface area contributed by atoms with Crippen LogP contribution in [0.5, 0.6) is 5.75 Å². The minimum Gasteiger partial charge on any atom is -0.497 e. The zero-order valence-electron chi connectivity index (χ0n) is 13.2. The molecule has 2 aliphatic rings. The van der Waals surface area contributed by atoms with Gasteiger partial charge in [-0.1, -0.05) is 12.1 Å². The molecule has 0 bridgehead atoms. The summed E-state index contributed by atoms with van der Waals surface area (Å²) in [6.45, 7) is 6.72. The maximum absolute atomic E-state index is 6.29. The molecule has 1 heterocycles. The van der Waals surface area contributed by atoms with E-state index in [0.29, 0.717) is 6.04 Å². The van der Waals surface area contributed by atoms with Crippen LogP contribution in [0.2, 0.25) is 0 Å². The molecule has 3 rings (SSSR count). The van der Waals surface area contributed by atoms with Crippen molar-refractivity contribution in [3.05, 3.63) is 29.8 Å². The fourth-order valence-corrected chi connectivity index (χ4v) is 3.47. The van der Waals surface area contributed by atoms with Gasteiger partial charge in [0.25, 0.3) is 0 Å². The second kappa shape index (κ2) is 6.34. The Hall–Kier alpha value is -1.10. The zero-order chi connectivity index (χ0) is 14.8. The van der Waals surface area contributed by atoms with Gasteiger partial charge in [-0.05, 0) is 37.5 Å². The van der Waals surface area contributed by atoms with E-state index in [1.54, 1.807) is 7.11 Å². The molecule has 4 nitrogen and oxygen atoms in total. The van der Waals surface area contributed by atoms with Crippen LogP contribution in [0.1, 0.15) is 31.4 Å². The third-order valence-electron chi connectivity index (χ3n) is 4.76. The summed E-state index contributed by atoms with van der Waals surface area (Å²) in [5, 5.41) is 0. The average Bonchev–Trinajstić information content (AvgIpc) is 3.33. The molecule has 0 aromatic heterocycles. The molecule has 0 spiro atoms. The Labute approximate surface area is 127 Å². The molecule has 1 aromatic rings. The third-order valence-corrected chi connectivity index (χ3v) is 4.76. The van der Waals surface area contributed by atoms with Gasteiger partial charge in [0, 0.05) is 44.3 Å². The lowest BCUT2D eigenvalue weighted by molar-refractivity contribution is 0.0826. The quantitative estimate of drug-likeness (QED) is 0.898. The molecule has 1 aromatic carbocycles. The minimum atomic E-state index is 0.130. The van der Waals surface area contributed by atoms with Crippen LogP contribution in [0.3, 0.4) is 0 Å². The summed E-state index contributed by atoms with van der Waals surface area (Å²) >= 11 is 0. The van der Waals surface area contributed by atoms with Gasteiger partial charge in [0.15, 0.2) is 0 Å². The molecule has 2 N–H and O–H groups in total. The lowest BCUT2D eigenvalue weighted by atomic mass is 9.98. The molecule has 1 saturated heterocycles. The SMILES string of the molecule is COc1ccc(C(C(C)N)N2CCN(C3CC3)CC2)cc1. The molecular weight excluding hydrogens is 262 g/mol. The molecule has 1 aliphatic carbocycles. The molecule has 21 heavy (non-hydrogen) atoms. The van der Waals surface area contributed by atoms with E-state index in [9.17, 15) is 0 Å². The Morgan fingerprint density at radius 2 is 1.71 bits per heavy atom. The first-order valence-electron chi connectivity index (χ1n) is 8.06. The van der Waals surface area contributed by atoms with Crippen LogP contribution in [0, 0.1) is 0 Å². The molecule has 116 valence electrons. The van der Waals surface area contributed by atoms with E-state index in [4.69, 9.17) is 10.5 Å². The van der Waals surface area contributed by atoms with E-state index in [1.165, 1.54) is 31.5 Å². The van der Waals surface area contributed by atoms with Crippen molar-refractivity contribution in [3.63, 3.8) is 0 Å². The summed E-state index contributed by atoms with van der Waals surface area (Å²) < 4.78 is 5.25. The highest BCUT2D eigenvalue weighted by molar-refractivity contribution is 5.30. The number of hydrogen-bond acceptors (Lipinski definition) is 4. The van der Waals surface area contributed by atoms with Gasteiger partial charge in [0.1, 0.15) is 5.75 Å². The number of nitrogens with two attached hydrogens (primary N) is 1. The molecular formula is C17H27N3O. The zero-order valence-corrected chi connectivity index (χ0v) is 13.2. The van der Waals surface area contributed by atoms with Crippen molar-refractivity contribution in [1.29, 1.82) is 0 Å². The largest absolute Gasteiger partial charge is 0.497 e. The summed E-state index contributed by atoms with van der Waals surface area (Å²) in [6, 6.07) is 9.68. The first-order valence-corrected chi connectivity index (χ1v) is 8.06. The number of piperazine rings is 1. The summed E-state index contributed by atoms with van der Waals surface area (Å²) in [5.41, 5.74) is 7.59. The van der Waals surface area contributed by atoms with E-state index in [0.717, 1.165) is 24.9 Å². The van der Waals surface area contributed by atoms with Gasteiger partial charge in [-0.25, -0.2) is 0 Å². The van der Waals surface area contributed by atoms with Gasteiger partial charge in [0.05, 0.1) is 7.11 Å². The van der Waals surface area contributed by atoms with Gasteiger partial charge < -0.3 is 10.5 Å². The van der Waals surface area contributed by atoms with Gasteiger partial charge in [-0.3, -0.25) is 9.80 Å². The highest BCUT2D eigenvalue weighted by Crippen LogP contribution is 2.31. The predicted octanol–water partition coefficient (Wildman–Crippen LogP) is 1.86. The van der Waals surface area contributed by atoms with E-state index >= 15 is 0 Å². The standard InChI is InChI=1S/C17H27N3O/c1-13(18)17(14-3-7-16(21-2)8-4-14)20-11-9-19(10-12-20)15-5-6-15/h3-4,7-8,13,15,17H,5-6,9-12,18H2,1-2H3. The van der Waals surface area contributed by atoms with Crippen LogP contribution < -0.4 is 10.5 Å². The normalized spacial score (nSPS) is 23.8. The number of ether oxygens (including phenoxy) is 1. The second-order valence-corrected chi connectivity index (χ2v) is 6.38. The van der Waals surface area contributed by atoms with Crippen molar-refractivity contribution in [2.45, 2.75) is 37.9 Å². The Morgan fingerprint density at radius 1 is 1.10 bits per heavy atom. The Bertz CT molecular complexity index is 448. The van der Waals surface area contributed by atoms with Crippen LogP contribution in [0.15, 0.2) is 24.3 Å².